The van der Waals surface area contributed by atoms with E-state index >= 15 is 0 Å². The zero-order chi connectivity index (χ0) is 18.0. The Kier molecular flexibility index (Phi) is 4.65. The van der Waals surface area contributed by atoms with Crippen LogP contribution in [0.3, 0.4) is 0 Å². The number of phenolic OH excluding ortho intramolecular Hbond substituents is 1. The first-order valence-corrected chi connectivity index (χ1v) is 8.19. The number of para-hydroxylation sites is 1. The lowest BCUT2D eigenvalue weighted by atomic mass is 10.0. The fraction of sp³-hybridized carbons (Fsp3) is 0.250. The van der Waals surface area contributed by atoms with E-state index in [1.807, 2.05) is 29.9 Å². The second-order valence-electron chi connectivity index (χ2n) is 6.15. The van der Waals surface area contributed by atoms with Crippen LogP contribution in [-0.4, -0.2) is 21.8 Å². The van der Waals surface area contributed by atoms with Crippen LogP contribution in [0.1, 0.15) is 16.7 Å². The molecule has 3 aromatic rings. The van der Waals surface area contributed by atoms with E-state index < -0.39 is 0 Å². The maximum atomic E-state index is 10.2. The molecule has 0 radical (unpaired) electrons. The quantitative estimate of drug-likeness (QED) is 0.738. The predicted molar refractivity (Wildman–Crippen MR) is 100 cm³/mol. The number of aromatic hydroxyl groups is 1. The van der Waals surface area contributed by atoms with E-state index in [0.29, 0.717) is 12.3 Å². The van der Waals surface area contributed by atoms with Gasteiger partial charge in [0.25, 0.3) is 0 Å². The Balaban J connectivity index is 1.81. The van der Waals surface area contributed by atoms with Gasteiger partial charge in [0.1, 0.15) is 0 Å². The molecule has 25 heavy (non-hydrogen) atoms. The number of ether oxygens (including phenoxy) is 1. The minimum absolute atomic E-state index is 0.154. The van der Waals surface area contributed by atoms with E-state index in [4.69, 9.17) is 4.74 Å². The smallest absolute Gasteiger partial charge is 0.203 e. The van der Waals surface area contributed by atoms with Gasteiger partial charge < -0.3 is 19.7 Å². The molecule has 0 bridgehead atoms. The summed E-state index contributed by atoms with van der Waals surface area (Å²) in [5.41, 5.74) is 5.47. The lowest BCUT2D eigenvalue weighted by molar-refractivity contribution is 0.371. The molecular weight excluding hydrogens is 314 g/mol. The van der Waals surface area contributed by atoms with Crippen molar-refractivity contribution in [2.45, 2.75) is 20.4 Å². The molecule has 5 nitrogen and oxygen atoms in total. The first-order valence-electron chi connectivity index (χ1n) is 8.19. The number of nitrogens with zero attached hydrogens (tertiary/aromatic N) is 2. The average molecular weight is 337 g/mol. The van der Waals surface area contributed by atoms with Gasteiger partial charge in [0, 0.05) is 24.7 Å². The molecule has 0 spiro atoms. The zero-order valence-electron chi connectivity index (χ0n) is 15.0. The highest BCUT2D eigenvalue weighted by Crippen LogP contribution is 2.30. The molecule has 130 valence electrons. The molecule has 0 aliphatic rings. The van der Waals surface area contributed by atoms with Gasteiger partial charge in [-0.1, -0.05) is 24.3 Å². The highest BCUT2D eigenvalue weighted by molar-refractivity contribution is 5.63. The van der Waals surface area contributed by atoms with E-state index in [2.05, 4.69) is 42.3 Å². The summed E-state index contributed by atoms with van der Waals surface area (Å²) in [5.74, 6) is 1.37. The van der Waals surface area contributed by atoms with E-state index in [1.54, 1.807) is 13.2 Å². The van der Waals surface area contributed by atoms with Gasteiger partial charge in [-0.2, -0.15) is 0 Å². The van der Waals surface area contributed by atoms with Crippen molar-refractivity contribution in [1.29, 1.82) is 0 Å². The van der Waals surface area contributed by atoms with Crippen LogP contribution in [0.25, 0.3) is 11.3 Å². The van der Waals surface area contributed by atoms with Crippen LogP contribution < -0.4 is 10.1 Å². The van der Waals surface area contributed by atoms with Gasteiger partial charge in [-0.3, -0.25) is 0 Å². The van der Waals surface area contributed by atoms with E-state index in [-0.39, 0.29) is 5.75 Å². The lowest BCUT2D eigenvalue weighted by Gasteiger charge is -2.11. The van der Waals surface area contributed by atoms with Gasteiger partial charge in [0.05, 0.1) is 19.0 Å². The number of hydrogen-bond donors (Lipinski definition) is 2. The summed E-state index contributed by atoms with van der Waals surface area (Å²) in [6, 6.07) is 11.9. The Morgan fingerprint density at radius 1 is 1.16 bits per heavy atom. The van der Waals surface area contributed by atoms with Crippen molar-refractivity contribution in [3.63, 3.8) is 0 Å². The summed E-state index contributed by atoms with van der Waals surface area (Å²) in [6.07, 6.45) is 1.86. The number of rotatable bonds is 5. The van der Waals surface area contributed by atoms with Crippen molar-refractivity contribution in [2.75, 3.05) is 12.4 Å². The number of hydrogen-bond acceptors (Lipinski definition) is 4. The third-order valence-corrected chi connectivity index (χ3v) is 4.53. The number of methoxy groups -OCH3 is 1. The standard InChI is InChI=1S/C20H23N3O2/c1-13-8-9-15(10-14(13)2)17-12-22-20(23(17)3)21-11-16-6-5-7-18(25-4)19(16)24/h5-10,12,24H,11H2,1-4H3,(H,21,22). The molecule has 0 aliphatic heterocycles. The van der Waals surface area contributed by atoms with Gasteiger partial charge in [-0.05, 0) is 37.1 Å². The Bertz CT molecular complexity index is 900. The SMILES string of the molecule is COc1cccc(CNc2ncc(-c3ccc(C)c(C)c3)n2C)c1O. The van der Waals surface area contributed by atoms with Crippen LogP contribution >= 0.6 is 0 Å². The summed E-state index contributed by atoms with van der Waals surface area (Å²) >= 11 is 0. The molecule has 0 saturated heterocycles. The summed E-state index contributed by atoms with van der Waals surface area (Å²) < 4.78 is 7.16. The number of aromatic nitrogens is 2. The molecule has 0 aliphatic carbocycles. The van der Waals surface area contributed by atoms with Crippen LogP contribution in [0.2, 0.25) is 0 Å². The largest absolute Gasteiger partial charge is 0.504 e. The highest BCUT2D eigenvalue weighted by Gasteiger charge is 2.11. The monoisotopic (exact) mass is 337 g/mol. The third-order valence-electron chi connectivity index (χ3n) is 4.53. The topological polar surface area (TPSA) is 59.3 Å². The van der Waals surface area contributed by atoms with Crippen molar-refractivity contribution < 1.29 is 9.84 Å². The molecule has 2 aromatic carbocycles. The molecule has 1 heterocycles. The number of benzene rings is 2. The number of nitrogens with one attached hydrogen (secondary N) is 1. The van der Waals surface area contributed by atoms with E-state index in [0.717, 1.165) is 22.8 Å². The molecule has 0 unspecified atom stereocenters. The molecule has 3 rings (SSSR count). The second kappa shape index (κ2) is 6.89. The normalized spacial score (nSPS) is 10.7. The van der Waals surface area contributed by atoms with Crippen molar-refractivity contribution in [3.05, 3.63) is 59.3 Å². The van der Waals surface area contributed by atoms with Crippen LogP contribution in [0.5, 0.6) is 11.5 Å². The predicted octanol–water partition coefficient (Wildman–Crippen LogP) is 4.03. The molecule has 0 fully saturated rings. The number of imidazole rings is 1. The Hall–Kier alpha value is -2.95. The van der Waals surface area contributed by atoms with Gasteiger partial charge in [0.15, 0.2) is 11.5 Å². The Morgan fingerprint density at radius 2 is 1.96 bits per heavy atom. The van der Waals surface area contributed by atoms with Crippen molar-refractivity contribution in [3.8, 4) is 22.8 Å². The fourth-order valence-electron chi connectivity index (χ4n) is 2.79. The molecule has 0 saturated carbocycles. The molecule has 1 aromatic heterocycles. The Morgan fingerprint density at radius 3 is 2.68 bits per heavy atom. The maximum Gasteiger partial charge on any atom is 0.203 e. The van der Waals surface area contributed by atoms with Crippen LogP contribution in [0.15, 0.2) is 42.6 Å². The number of aryl methyl sites for hydroxylation is 2. The molecule has 2 N–H and O–H groups in total. The van der Waals surface area contributed by atoms with Crippen molar-refractivity contribution >= 4 is 5.95 Å². The minimum atomic E-state index is 0.154. The van der Waals surface area contributed by atoms with E-state index in [1.165, 1.54) is 11.1 Å². The highest BCUT2D eigenvalue weighted by atomic mass is 16.5. The lowest BCUT2D eigenvalue weighted by Crippen LogP contribution is -2.06. The summed E-state index contributed by atoms with van der Waals surface area (Å²) in [4.78, 5) is 4.47. The van der Waals surface area contributed by atoms with Gasteiger partial charge in [-0.25, -0.2) is 4.98 Å². The Labute approximate surface area is 147 Å². The molecule has 5 heteroatoms. The van der Waals surface area contributed by atoms with Crippen LogP contribution in [0.4, 0.5) is 5.95 Å². The molecular formula is C20H23N3O2. The van der Waals surface area contributed by atoms with E-state index in [9.17, 15) is 5.11 Å². The van der Waals surface area contributed by atoms with Crippen molar-refractivity contribution in [1.82, 2.24) is 9.55 Å². The van der Waals surface area contributed by atoms with Crippen molar-refractivity contribution in [2.24, 2.45) is 7.05 Å². The minimum Gasteiger partial charge on any atom is -0.504 e. The maximum absolute atomic E-state index is 10.2. The average Bonchev–Trinajstić information content (AvgIpc) is 2.97. The summed E-state index contributed by atoms with van der Waals surface area (Å²) in [6.45, 7) is 4.68. The first-order chi connectivity index (χ1) is 12.0. The third kappa shape index (κ3) is 3.31. The summed E-state index contributed by atoms with van der Waals surface area (Å²) in [5, 5.41) is 13.5. The number of anilines is 1. The molecule has 0 amide bonds. The first kappa shape index (κ1) is 16.9. The number of phenols is 1. The van der Waals surface area contributed by atoms with Crippen LogP contribution in [0, 0.1) is 13.8 Å². The molecule has 0 atom stereocenters. The van der Waals surface area contributed by atoms with Crippen LogP contribution in [-0.2, 0) is 13.6 Å². The van der Waals surface area contributed by atoms with Gasteiger partial charge in [0.2, 0.25) is 5.95 Å². The second-order valence-corrected chi connectivity index (χ2v) is 6.15. The summed E-state index contributed by atoms with van der Waals surface area (Å²) in [7, 11) is 3.52. The van der Waals surface area contributed by atoms with Gasteiger partial charge >= 0.3 is 0 Å². The fourth-order valence-corrected chi connectivity index (χ4v) is 2.79. The zero-order valence-corrected chi connectivity index (χ0v) is 15.0. The van der Waals surface area contributed by atoms with Gasteiger partial charge in [-0.15, -0.1) is 0 Å².